The summed E-state index contributed by atoms with van der Waals surface area (Å²) in [6, 6.07) is 14.3. The predicted molar refractivity (Wildman–Crippen MR) is 122 cm³/mol. The summed E-state index contributed by atoms with van der Waals surface area (Å²) < 4.78 is 26.9. The van der Waals surface area contributed by atoms with Crippen molar-refractivity contribution in [1.82, 2.24) is 14.5 Å². The molecule has 2 heterocycles. The van der Waals surface area contributed by atoms with Crippen LogP contribution in [0.2, 0.25) is 0 Å². The number of sulfonamides is 1. The summed E-state index contributed by atoms with van der Waals surface area (Å²) in [5.74, 6) is 0.561. The van der Waals surface area contributed by atoms with Crippen molar-refractivity contribution in [1.29, 1.82) is 5.26 Å². The molecule has 2 N–H and O–H groups in total. The number of rotatable bonds is 5. The molecular formula is C23H23N5O3S. The zero-order chi connectivity index (χ0) is 22.3. The van der Waals surface area contributed by atoms with Crippen LogP contribution < -0.4 is 5.32 Å². The van der Waals surface area contributed by atoms with E-state index in [1.54, 1.807) is 16.4 Å². The van der Waals surface area contributed by atoms with E-state index in [0.717, 1.165) is 36.5 Å². The van der Waals surface area contributed by atoms with E-state index in [2.05, 4.69) is 15.5 Å². The van der Waals surface area contributed by atoms with Crippen molar-refractivity contribution in [3.05, 3.63) is 48.0 Å². The van der Waals surface area contributed by atoms with Crippen LogP contribution in [0.4, 0.5) is 5.82 Å². The Bertz CT molecular complexity index is 1330. The van der Waals surface area contributed by atoms with Crippen molar-refractivity contribution in [3.8, 4) is 23.1 Å². The molecular weight excluding hydrogens is 426 g/mol. The molecule has 5 rings (SSSR count). The molecule has 0 bridgehead atoms. The standard InChI is InChI=1S/C23H23N5O3S/c24-13-15-7-10-20(21(29)12-15)22-18-5-1-2-6-19(18)23(27-26-22)25-16-4-3-11-28(14-16)32(30,31)17-8-9-17/h1-2,5-7,10,12,16-17,29H,3-4,8-9,11,14H2,(H,25,27)/t16-/m1/s1. The topological polar surface area (TPSA) is 119 Å². The average molecular weight is 450 g/mol. The summed E-state index contributed by atoms with van der Waals surface area (Å²) in [7, 11) is -3.20. The van der Waals surface area contributed by atoms with Gasteiger partial charge in [-0.15, -0.1) is 10.2 Å². The average Bonchev–Trinajstić information content (AvgIpc) is 3.66. The Morgan fingerprint density at radius 2 is 1.88 bits per heavy atom. The number of aromatic nitrogens is 2. The lowest BCUT2D eigenvalue weighted by molar-refractivity contribution is 0.326. The van der Waals surface area contributed by atoms with Gasteiger partial charge in [-0.2, -0.15) is 9.57 Å². The molecule has 1 saturated carbocycles. The highest BCUT2D eigenvalue weighted by Gasteiger charge is 2.41. The monoisotopic (exact) mass is 449 g/mol. The van der Waals surface area contributed by atoms with Gasteiger partial charge in [0.05, 0.1) is 16.9 Å². The molecule has 1 atom stereocenters. The van der Waals surface area contributed by atoms with Gasteiger partial charge in [0.1, 0.15) is 11.4 Å². The first-order chi connectivity index (χ1) is 15.5. The van der Waals surface area contributed by atoms with Crippen molar-refractivity contribution in [2.45, 2.75) is 37.0 Å². The number of nitrogens with one attached hydrogen (secondary N) is 1. The molecule has 2 fully saturated rings. The Balaban J connectivity index is 1.46. The van der Waals surface area contributed by atoms with E-state index in [1.165, 1.54) is 6.07 Å². The summed E-state index contributed by atoms with van der Waals surface area (Å²) in [5, 5.41) is 33.1. The molecule has 3 aromatic rings. The van der Waals surface area contributed by atoms with Crippen LogP contribution in [0.15, 0.2) is 42.5 Å². The summed E-state index contributed by atoms with van der Waals surface area (Å²) in [5.41, 5.74) is 1.39. The van der Waals surface area contributed by atoms with Crippen LogP contribution in [0.5, 0.6) is 5.75 Å². The predicted octanol–water partition coefficient (Wildman–Crippen LogP) is 3.24. The second-order valence-corrected chi connectivity index (χ2v) is 10.6. The molecule has 0 radical (unpaired) electrons. The Kier molecular flexibility index (Phi) is 5.19. The van der Waals surface area contributed by atoms with Gasteiger partial charge < -0.3 is 10.4 Å². The van der Waals surface area contributed by atoms with E-state index < -0.39 is 10.0 Å². The molecule has 2 aromatic carbocycles. The molecule has 1 saturated heterocycles. The molecule has 0 unspecified atom stereocenters. The smallest absolute Gasteiger partial charge is 0.217 e. The van der Waals surface area contributed by atoms with E-state index in [0.29, 0.717) is 35.7 Å². The minimum absolute atomic E-state index is 0.0302. The second kappa shape index (κ2) is 8.04. The third kappa shape index (κ3) is 3.76. The highest BCUT2D eigenvalue weighted by molar-refractivity contribution is 7.90. The van der Waals surface area contributed by atoms with Gasteiger partial charge in [0.25, 0.3) is 0 Å². The molecule has 1 aliphatic carbocycles. The molecule has 9 heteroatoms. The van der Waals surface area contributed by atoms with Crippen molar-refractivity contribution in [2.24, 2.45) is 0 Å². The lowest BCUT2D eigenvalue weighted by Gasteiger charge is -2.32. The first kappa shape index (κ1) is 20.7. The number of hydrogen-bond acceptors (Lipinski definition) is 7. The molecule has 0 amide bonds. The first-order valence-corrected chi connectivity index (χ1v) is 12.2. The minimum Gasteiger partial charge on any atom is -0.507 e. The number of hydrogen-bond donors (Lipinski definition) is 2. The van der Waals surface area contributed by atoms with Crippen LogP contribution in [0.1, 0.15) is 31.2 Å². The maximum absolute atomic E-state index is 12.7. The van der Waals surface area contributed by atoms with Crippen LogP contribution in [-0.4, -0.2) is 52.4 Å². The van der Waals surface area contributed by atoms with Crippen LogP contribution in [0, 0.1) is 11.3 Å². The Hall–Kier alpha value is -3.22. The SMILES string of the molecule is N#Cc1ccc(-c2nnc(N[C@@H]3CCCN(S(=O)(=O)C4CC4)C3)c3ccccc23)c(O)c1. The number of phenolic OH excluding ortho intramolecular Hbond substituents is 1. The maximum atomic E-state index is 12.7. The van der Waals surface area contributed by atoms with Crippen LogP contribution in [0.25, 0.3) is 22.0 Å². The third-order valence-corrected chi connectivity index (χ3v) is 8.47. The summed E-state index contributed by atoms with van der Waals surface area (Å²) in [6.45, 7) is 0.993. The fourth-order valence-corrected chi connectivity index (χ4v) is 6.20. The van der Waals surface area contributed by atoms with Gasteiger partial charge in [-0.25, -0.2) is 8.42 Å². The van der Waals surface area contributed by atoms with Gasteiger partial charge in [-0.05, 0) is 43.9 Å². The Morgan fingerprint density at radius 1 is 1.09 bits per heavy atom. The molecule has 32 heavy (non-hydrogen) atoms. The highest BCUT2D eigenvalue weighted by Crippen LogP contribution is 2.36. The summed E-state index contributed by atoms with van der Waals surface area (Å²) >= 11 is 0. The fraction of sp³-hybridized carbons (Fsp3) is 0.348. The van der Waals surface area contributed by atoms with Gasteiger partial charge in [-0.1, -0.05) is 24.3 Å². The van der Waals surface area contributed by atoms with E-state index in [9.17, 15) is 13.5 Å². The molecule has 2 aliphatic rings. The number of benzene rings is 2. The number of fused-ring (bicyclic) bond motifs is 1. The number of nitriles is 1. The van der Waals surface area contributed by atoms with Gasteiger partial charge in [0.2, 0.25) is 10.0 Å². The van der Waals surface area contributed by atoms with Crippen LogP contribution >= 0.6 is 0 Å². The zero-order valence-electron chi connectivity index (χ0n) is 17.4. The number of aromatic hydroxyl groups is 1. The lowest BCUT2D eigenvalue weighted by Crippen LogP contribution is -2.46. The maximum Gasteiger partial charge on any atom is 0.217 e. The summed E-state index contributed by atoms with van der Waals surface area (Å²) in [6.07, 6.45) is 3.17. The second-order valence-electron chi connectivity index (χ2n) is 8.37. The number of piperidine rings is 1. The van der Waals surface area contributed by atoms with Gasteiger partial charge in [-0.3, -0.25) is 0 Å². The number of anilines is 1. The van der Waals surface area contributed by atoms with E-state index in [1.807, 2.05) is 30.3 Å². The number of phenols is 1. The van der Waals surface area contributed by atoms with Crippen molar-refractivity contribution in [2.75, 3.05) is 18.4 Å². The van der Waals surface area contributed by atoms with Gasteiger partial charge >= 0.3 is 0 Å². The van der Waals surface area contributed by atoms with Crippen molar-refractivity contribution in [3.63, 3.8) is 0 Å². The molecule has 8 nitrogen and oxygen atoms in total. The molecule has 0 spiro atoms. The summed E-state index contributed by atoms with van der Waals surface area (Å²) in [4.78, 5) is 0. The molecule has 1 aliphatic heterocycles. The lowest BCUT2D eigenvalue weighted by atomic mass is 10.0. The largest absolute Gasteiger partial charge is 0.507 e. The van der Waals surface area contributed by atoms with E-state index >= 15 is 0 Å². The minimum atomic E-state index is -3.20. The van der Waals surface area contributed by atoms with Crippen molar-refractivity contribution < 1.29 is 13.5 Å². The normalized spacial score (nSPS) is 19.5. The molecule has 1 aromatic heterocycles. The fourth-order valence-electron chi connectivity index (χ4n) is 4.27. The van der Waals surface area contributed by atoms with E-state index in [-0.39, 0.29) is 17.0 Å². The van der Waals surface area contributed by atoms with Crippen molar-refractivity contribution >= 4 is 26.6 Å². The van der Waals surface area contributed by atoms with Crippen LogP contribution in [-0.2, 0) is 10.0 Å². The molecule has 164 valence electrons. The Morgan fingerprint density at radius 3 is 2.59 bits per heavy atom. The van der Waals surface area contributed by atoms with Crippen LogP contribution in [0.3, 0.4) is 0 Å². The van der Waals surface area contributed by atoms with Gasteiger partial charge in [0.15, 0.2) is 5.82 Å². The zero-order valence-corrected chi connectivity index (χ0v) is 18.2. The third-order valence-electron chi connectivity index (χ3n) is 6.10. The quantitative estimate of drug-likeness (QED) is 0.614. The Labute approximate surface area is 186 Å². The first-order valence-electron chi connectivity index (χ1n) is 10.7. The van der Waals surface area contributed by atoms with Gasteiger partial charge in [0, 0.05) is 35.5 Å². The highest BCUT2D eigenvalue weighted by atomic mass is 32.2. The van der Waals surface area contributed by atoms with E-state index in [4.69, 9.17) is 5.26 Å². The number of nitrogens with zero attached hydrogens (tertiary/aromatic N) is 4.